The second-order valence-corrected chi connectivity index (χ2v) is 12.5. The van der Waals surface area contributed by atoms with Crippen LogP contribution in [0.4, 0.5) is 0 Å². The minimum atomic E-state index is -0.112. The van der Waals surface area contributed by atoms with Crippen LogP contribution in [-0.2, 0) is 0 Å². The van der Waals surface area contributed by atoms with Crippen LogP contribution < -0.4 is 0 Å². The molecule has 4 aliphatic rings. The van der Waals surface area contributed by atoms with Crippen LogP contribution in [0.5, 0.6) is 0 Å². The lowest BCUT2D eigenvalue weighted by molar-refractivity contribution is -0.0481. The molecule has 0 aromatic carbocycles. The SMILES string of the molecule is CC(CC(C1CCC(O)CC1)C1CCC(O)CC1)(C1CCC(O)CC1)C1CCC(O)CC1. The minimum absolute atomic E-state index is 0.105. The Hall–Kier alpha value is -0.160. The Morgan fingerprint density at radius 1 is 0.500 bits per heavy atom. The average molecular weight is 451 g/mol. The van der Waals surface area contributed by atoms with Crippen LogP contribution in [0.1, 0.15) is 116 Å². The van der Waals surface area contributed by atoms with Crippen molar-refractivity contribution in [2.45, 2.75) is 140 Å². The van der Waals surface area contributed by atoms with Crippen LogP contribution in [-0.4, -0.2) is 44.8 Å². The molecule has 0 heterocycles. The van der Waals surface area contributed by atoms with Crippen molar-refractivity contribution in [1.82, 2.24) is 0 Å². The first kappa shape index (κ1) is 24.9. The van der Waals surface area contributed by atoms with Gasteiger partial charge in [0.15, 0.2) is 0 Å². The van der Waals surface area contributed by atoms with Gasteiger partial charge in [-0.25, -0.2) is 0 Å². The molecule has 0 bridgehead atoms. The highest BCUT2D eigenvalue weighted by molar-refractivity contribution is 4.97. The van der Waals surface area contributed by atoms with Crippen molar-refractivity contribution < 1.29 is 20.4 Å². The van der Waals surface area contributed by atoms with Gasteiger partial charge in [-0.1, -0.05) is 6.92 Å². The summed E-state index contributed by atoms with van der Waals surface area (Å²) < 4.78 is 0. The number of hydrogen-bond donors (Lipinski definition) is 4. The van der Waals surface area contributed by atoms with Crippen LogP contribution in [0.3, 0.4) is 0 Å². The fourth-order valence-corrected chi connectivity index (χ4v) is 8.42. The van der Waals surface area contributed by atoms with Crippen molar-refractivity contribution in [2.75, 3.05) is 0 Å². The van der Waals surface area contributed by atoms with Crippen molar-refractivity contribution in [1.29, 1.82) is 0 Å². The summed E-state index contributed by atoms with van der Waals surface area (Å²) in [5.74, 6) is 3.47. The van der Waals surface area contributed by atoms with E-state index >= 15 is 0 Å². The summed E-state index contributed by atoms with van der Waals surface area (Å²) >= 11 is 0. The van der Waals surface area contributed by atoms with Crippen molar-refractivity contribution >= 4 is 0 Å². The van der Waals surface area contributed by atoms with Crippen LogP contribution in [0.15, 0.2) is 0 Å². The van der Waals surface area contributed by atoms with E-state index in [1.807, 2.05) is 0 Å². The van der Waals surface area contributed by atoms with Gasteiger partial charge in [0, 0.05) is 0 Å². The molecule has 0 saturated heterocycles. The van der Waals surface area contributed by atoms with Gasteiger partial charge in [0.05, 0.1) is 24.4 Å². The molecule has 4 nitrogen and oxygen atoms in total. The average Bonchev–Trinajstić information content (AvgIpc) is 2.79. The van der Waals surface area contributed by atoms with Crippen LogP contribution in [0, 0.1) is 35.0 Å². The van der Waals surface area contributed by atoms with Gasteiger partial charge in [-0.05, 0) is 144 Å². The standard InChI is InChI=1S/C28H50O4/c1-28(21-6-14-25(31)15-7-21,22-8-16-26(32)17-9-22)18-27(19-2-10-23(29)11-3-19)20-4-12-24(30)13-5-20/h19-27,29-32H,2-18H2,1H3. The summed E-state index contributed by atoms with van der Waals surface area (Å²) in [5, 5.41) is 40.7. The molecule has 0 unspecified atom stereocenters. The zero-order valence-corrected chi connectivity index (χ0v) is 20.5. The molecular formula is C28H50O4. The van der Waals surface area contributed by atoms with E-state index in [1.165, 1.54) is 6.42 Å². The molecule has 4 saturated carbocycles. The number of aliphatic hydroxyl groups excluding tert-OH is 4. The van der Waals surface area contributed by atoms with Crippen molar-refractivity contribution in [3.8, 4) is 0 Å². The lowest BCUT2D eigenvalue weighted by atomic mass is 9.53. The summed E-state index contributed by atoms with van der Waals surface area (Å²) in [5.41, 5.74) is 0.275. The van der Waals surface area contributed by atoms with Gasteiger partial charge >= 0.3 is 0 Å². The third kappa shape index (κ3) is 5.90. The van der Waals surface area contributed by atoms with E-state index < -0.39 is 0 Å². The van der Waals surface area contributed by atoms with Gasteiger partial charge in [0.1, 0.15) is 0 Å². The zero-order chi connectivity index (χ0) is 22.7. The normalized spacial score (nSPS) is 44.5. The summed E-state index contributed by atoms with van der Waals surface area (Å²) in [4.78, 5) is 0. The number of hydrogen-bond acceptors (Lipinski definition) is 4. The predicted octanol–water partition coefficient (Wildman–Crippen LogP) is 5.20. The fraction of sp³-hybridized carbons (Fsp3) is 1.00. The second-order valence-electron chi connectivity index (χ2n) is 12.5. The topological polar surface area (TPSA) is 80.9 Å². The van der Waals surface area contributed by atoms with Crippen LogP contribution in [0.2, 0.25) is 0 Å². The van der Waals surface area contributed by atoms with Crippen LogP contribution >= 0.6 is 0 Å². The quantitative estimate of drug-likeness (QED) is 0.448. The Kier molecular flexibility index (Phi) is 8.62. The van der Waals surface area contributed by atoms with E-state index in [0.717, 1.165) is 103 Å². The maximum Gasteiger partial charge on any atom is 0.0540 e. The maximum atomic E-state index is 10.2. The molecular weight excluding hydrogens is 400 g/mol. The molecule has 4 N–H and O–H groups in total. The zero-order valence-electron chi connectivity index (χ0n) is 20.5. The Bertz CT molecular complexity index is 504. The fourth-order valence-electron chi connectivity index (χ4n) is 8.42. The second kappa shape index (κ2) is 11.1. The molecule has 4 heteroatoms. The summed E-state index contributed by atoms with van der Waals surface area (Å²) in [7, 11) is 0. The van der Waals surface area contributed by atoms with Crippen molar-refractivity contribution in [3.63, 3.8) is 0 Å². The first-order valence-corrected chi connectivity index (χ1v) is 14.1. The largest absolute Gasteiger partial charge is 0.393 e. The summed E-state index contributed by atoms with van der Waals surface area (Å²) in [6.45, 7) is 2.58. The van der Waals surface area contributed by atoms with Crippen molar-refractivity contribution in [2.24, 2.45) is 35.0 Å². The molecule has 4 aliphatic carbocycles. The minimum Gasteiger partial charge on any atom is -0.393 e. The molecule has 0 aliphatic heterocycles. The van der Waals surface area contributed by atoms with Gasteiger partial charge in [-0.2, -0.15) is 0 Å². The first-order valence-electron chi connectivity index (χ1n) is 14.1. The predicted molar refractivity (Wildman–Crippen MR) is 128 cm³/mol. The van der Waals surface area contributed by atoms with Gasteiger partial charge in [0.25, 0.3) is 0 Å². The van der Waals surface area contributed by atoms with E-state index in [9.17, 15) is 20.4 Å². The molecule has 186 valence electrons. The summed E-state index contributed by atoms with van der Waals surface area (Å²) in [6, 6.07) is 0. The van der Waals surface area contributed by atoms with E-state index in [4.69, 9.17) is 0 Å². The highest BCUT2D eigenvalue weighted by Crippen LogP contribution is 2.55. The number of aliphatic hydroxyl groups is 4. The molecule has 0 aromatic rings. The van der Waals surface area contributed by atoms with E-state index in [0.29, 0.717) is 29.6 Å². The Morgan fingerprint density at radius 2 is 0.781 bits per heavy atom. The van der Waals surface area contributed by atoms with Gasteiger partial charge in [-0.3, -0.25) is 0 Å². The molecule has 4 fully saturated rings. The lowest BCUT2D eigenvalue weighted by Crippen LogP contribution is -2.44. The third-order valence-corrected chi connectivity index (χ3v) is 10.6. The summed E-state index contributed by atoms with van der Waals surface area (Å²) in [6.07, 6.45) is 17.7. The first-order chi connectivity index (χ1) is 15.3. The molecule has 0 amide bonds. The molecule has 32 heavy (non-hydrogen) atoms. The molecule has 0 radical (unpaired) electrons. The lowest BCUT2D eigenvalue weighted by Gasteiger charge is -2.52. The van der Waals surface area contributed by atoms with Crippen molar-refractivity contribution in [3.05, 3.63) is 0 Å². The smallest absolute Gasteiger partial charge is 0.0540 e. The van der Waals surface area contributed by atoms with E-state index in [-0.39, 0.29) is 29.8 Å². The monoisotopic (exact) mass is 450 g/mol. The Labute approximate surface area is 196 Å². The maximum absolute atomic E-state index is 10.2. The molecule has 0 aromatic heterocycles. The van der Waals surface area contributed by atoms with Crippen LogP contribution in [0.25, 0.3) is 0 Å². The van der Waals surface area contributed by atoms with E-state index in [1.54, 1.807) is 0 Å². The Morgan fingerprint density at radius 3 is 1.09 bits per heavy atom. The molecule has 0 atom stereocenters. The highest BCUT2D eigenvalue weighted by atomic mass is 16.3. The third-order valence-electron chi connectivity index (χ3n) is 10.6. The highest BCUT2D eigenvalue weighted by Gasteiger charge is 2.47. The molecule has 0 spiro atoms. The van der Waals surface area contributed by atoms with E-state index in [2.05, 4.69) is 6.92 Å². The van der Waals surface area contributed by atoms with Gasteiger partial charge < -0.3 is 20.4 Å². The van der Waals surface area contributed by atoms with Gasteiger partial charge in [-0.15, -0.1) is 0 Å². The Balaban J connectivity index is 1.56. The van der Waals surface area contributed by atoms with Gasteiger partial charge in [0.2, 0.25) is 0 Å². The number of rotatable bonds is 6. The molecule has 4 rings (SSSR count).